The van der Waals surface area contributed by atoms with Crippen LogP contribution in [0.2, 0.25) is 0 Å². The minimum Gasteiger partial charge on any atom is -0.506 e. The smallest absolute Gasteiger partial charge is 0.337 e. The van der Waals surface area contributed by atoms with E-state index in [0.29, 0.717) is 16.9 Å². The number of rotatable bonds is 4. The van der Waals surface area contributed by atoms with E-state index in [9.17, 15) is 14.7 Å². The lowest BCUT2D eigenvalue weighted by Gasteiger charge is -2.10. The number of benzene rings is 2. The zero-order chi connectivity index (χ0) is 15.4. The van der Waals surface area contributed by atoms with Crippen molar-refractivity contribution in [1.29, 1.82) is 0 Å². The van der Waals surface area contributed by atoms with Crippen LogP contribution in [-0.4, -0.2) is 29.3 Å². The van der Waals surface area contributed by atoms with Crippen LogP contribution in [0.25, 0.3) is 0 Å². The molecule has 2 aromatic rings. The number of hydrogen-bond donors (Lipinski definition) is 3. The number of ether oxygens (including phenoxy) is 1. The highest BCUT2D eigenvalue weighted by atomic mass is 16.5. The first kappa shape index (κ1) is 14.4. The average molecular weight is 287 g/mol. The number of esters is 1. The maximum Gasteiger partial charge on any atom is 0.337 e. The van der Waals surface area contributed by atoms with Gasteiger partial charge in [-0.15, -0.1) is 0 Å². The molecule has 0 aliphatic heterocycles. The largest absolute Gasteiger partial charge is 0.506 e. The van der Waals surface area contributed by atoms with Gasteiger partial charge in [-0.05, 0) is 42.5 Å². The van der Waals surface area contributed by atoms with Crippen LogP contribution in [0, 0.1) is 0 Å². The van der Waals surface area contributed by atoms with Crippen molar-refractivity contribution >= 4 is 23.3 Å². The zero-order valence-corrected chi connectivity index (χ0v) is 11.2. The van der Waals surface area contributed by atoms with Crippen molar-refractivity contribution in [1.82, 2.24) is 0 Å². The zero-order valence-electron chi connectivity index (χ0n) is 11.2. The minimum absolute atomic E-state index is 0.0371. The highest BCUT2D eigenvalue weighted by Crippen LogP contribution is 2.28. The van der Waals surface area contributed by atoms with Crippen molar-refractivity contribution in [2.75, 3.05) is 12.4 Å². The van der Waals surface area contributed by atoms with Gasteiger partial charge < -0.3 is 20.3 Å². The first-order valence-electron chi connectivity index (χ1n) is 6.03. The summed E-state index contributed by atoms with van der Waals surface area (Å²) in [6.45, 7) is 0. The van der Waals surface area contributed by atoms with Gasteiger partial charge >= 0.3 is 11.9 Å². The molecule has 0 bridgehead atoms. The Labute approximate surface area is 120 Å². The number of nitrogens with one attached hydrogen (secondary N) is 1. The van der Waals surface area contributed by atoms with Gasteiger partial charge in [-0.2, -0.15) is 0 Å². The van der Waals surface area contributed by atoms with E-state index in [1.165, 1.54) is 37.4 Å². The Hall–Kier alpha value is -3.02. The van der Waals surface area contributed by atoms with Crippen molar-refractivity contribution < 1.29 is 24.5 Å². The molecule has 0 aromatic heterocycles. The normalized spacial score (nSPS) is 9.95. The second-order valence-electron chi connectivity index (χ2n) is 4.23. The summed E-state index contributed by atoms with van der Waals surface area (Å²) in [5, 5.41) is 21.5. The predicted molar refractivity (Wildman–Crippen MR) is 76.1 cm³/mol. The number of aromatic hydroxyl groups is 1. The van der Waals surface area contributed by atoms with E-state index in [2.05, 4.69) is 10.1 Å². The van der Waals surface area contributed by atoms with Crippen LogP contribution in [0.1, 0.15) is 20.7 Å². The van der Waals surface area contributed by atoms with E-state index in [1.54, 1.807) is 12.1 Å². The van der Waals surface area contributed by atoms with Crippen LogP contribution in [0.5, 0.6) is 5.75 Å². The summed E-state index contributed by atoms with van der Waals surface area (Å²) in [5.74, 6) is -1.57. The fraction of sp³-hybridized carbons (Fsp3) is 0.0667. The topological polar surface area (TPSA) is 95.9 Å². The first-order chi connectivity index (χ1) is 10.0. The Morgan fingerprint density at radius 2 is 1.67 bits per heavy atom. The molecule has 0 spiro atoms. The van der Waals surface area contributed by atoms with Crippen LogP contribution in [-0.2, 0) is 4.74 Å². The number of carbonyl (C=O) groups is 2. The van der Waals surface area contributed by atoms with Crippen molar-refractivity contribution in [3.8, 4) is 5.75 Å². The highest BCUT2D eigenvalue weighted by molar-refractivity contribution is 5.91. The molecule has 2 rings (SSSR count). The van der Waals surface area contributed by atoms with E-state index in [4.69, 9.17) is 5.11 Å². The molecule has 0 amide bonds. The maximum atomic E-state index is 11.5. The molecular formula is C15H13NO5. The summed E-state index contributed by atoms with van der Waals surface area (Å²) in [4.78, 5) is 22.2. The number of anilines is 2. The van der Waals surface area contributed by atoms with Crippen LogP contribution in [0.15, 0.2) is 42.5 Å². The number of carboxylic acids is 1. The van der Waals surface area contributed by atoms with Crippen molar-refractivity contribution in [3.05, 3.63) is 53.6 Å². The summed E-state index contributed by atoms with van der Waals surface area (Å²) in [6, 6.07) is 10.3. The lowest BCUT2D eigenvalue weighted by atomic mass is 10.1. The Bertz CT molecular complexity index is 679. The lowest BCUT2D eigenvalue weighted by molar-refractivity contribution is 0.0600. The van der Waals surface area contributed by atoms with E-state index >= 15 is 0 Å². The van der Waals surface area contributed by atoms with E-state index < -0.39 is 11.9 Å². The van der Waals surface area contributed by atoms with E-state index in [0.717, 1.165) is 0 Å². The number of carboxylic acid groups (broad SMARTS) is 1. The molecule has 0 aliphatic rings. The Kier molecular flexibility index (Phi) is 4.08. The Morgan fingerprint density at radius 3 is 2.24 bits per heavy atom. The standard InChI is InChI=1S/C15H13NO5/c1-21-15(20)10-4-7-13(17)12(8-10)16-11-5-2-9(3-6-11)14(18)19/h2-8,16-17H,1H3,(H,18,19). The summed E-state index contributed by atoms with van der Waals surface area (Å²) in [6.07, 6.45) is 0. The third-order valence-electron chi connectivity index (χ3n) is 2.83. The quantitative estimate of drug-likeness (QED) is 0.591. The molecule has 0 unspecified atom stereocenters. The van der Waals surface area contributed by atoms with Crippen LogP contribution in [0.3, 0.4) is 0 Å². The summed E-state index contributed by atoms with van der Waals surface area (Å²) in [5.41, 5.74) is 1.35. The summed E-state index contributed by atoms with van der Waals surface area (Å²) in [7, 11) is 1.27. The van der Waals surface area contributed by atoms with Crippen LogP contribution in [0.4, 0.5) is 11.4 Å². The lowest BCUT2D eigenvalue weighted by Crippen LogP contribution is -2.02. The fourth-order valence-corrected chi connectivity index (χ4v) is 1.73. The van der Waals surface area contributed by atoms with Gasteiger partial charge in [-0.1, -0.05) is 0 Å². The summed E-state index contributed by atoms with van der Waals surface area (Å²) >= 11 is 0. The van der Waals surface area contributed by atoms with Gasteiger partial charge in [0.25, 0.3) is 0 Å². The van der Waals surface area contributed by atoms with E-state index in [-0.39, 0.29) is 11.3 Å². The highest BCUT2D eigenvalue weighted by Gasteiger charge is 2.10. The molecule has 0 aliphatic carbocycles. The number of phenolic OH excluding ortho intramolecular Hbond substituents is 1. The van der Waals surface area contributed by atoms with Gasteiger partial charge in [0.05, 0.1) is 23.9 Å². The molecule has 0 radical (unpaired) electrons. The molecule has 2 aromatic carbocycles. The fourth-order valence-electron chi connectivity index (χ4n) is 1.73. The Balaban J connectivity index is 2.26. The molecule has 108 valence electrons. The molecule has 0 saturated heterocycles. The second kappa shape index (κ2) is 5.96. The molecule has 6 heteroatoms. The maximum absolute atomic E-state index is 11.5. The van der Waals surface area contributed by atoms with E-state index in [1.807, 2.05) is 0 Å². The molecule has 0 heterocycles. The SMILES string of the molecule is COC(=O)c1ccc(O)c(Nc2ccc(C(=O)O)cc2)c1. The third-order valence-corrected chi connectivity index (χ3v) is 2.83. The first-order valence-corrected chi connectivity index (χ1v) is 6.03. The predicted octanol–water partition coefficient (Wildman–Crippen LogP) is 2.62. The van der Waals surface area contributed by atoms with Gasteiger partial charge in [0.2, 0.25) is 0 Å². The molecule has 6 nitrogen and oxygen atoms in total. The molecule has 0 fully saturated rings. The number of methoxy groups -OCH3 is 1. The molecule has 21 heavy (non-hydrogen) atoms. The third kappa shape index (κ3) is 3.30. The van der Waals surface area contributed by atoms with Crippen molar-refractivity contribution in [2.24, 2.45) is 0 Å². The minimum atomic E-state index is -1.02. The second-order valence-corrected chi connectivity index (χ2v) is 4.23. The monoisotopic (exact) mass is 287 g/mol. The van der Waals surface area contributed by atoms with Gasteiger partial charge in [0, 0.05) is 5.69 Å². The van der Waals surface area contributed by atoms with Gasteiger partial charge in [-0.25, -0.2) is 9.59 Å². The number of hydrogen-bond acceptors (Lipinski definition) is 5. The van der Waals surface area contributed by atoms with Crippen LogP contribution < -0.4 is 5.32 Å². The summed E-state index contributed by atoms with van der Waals surface area (Å²) < 4.78 is 4.61. The van der Waals surface area contributed by atoms with Gasteiger partial charge in [-0.3, -0.25) is 0 Å². The molecule has 0 atom stereocenters. The van der Waals surface area contributed by atoms with Gasteiger partial charge in [0.1, 0.15) is 5.75 Å². The van der Waals surface area contributed by atoms with Crippen molar-refractivity contribution in [2.45, 2.75) is 0 Å². The Morgan fingerprint density at radius 1 is 1.05 bits per heavy atom. The molecule has 0 saturated carbocycles. The number of phenols is 1. The molecular weight excluding hydrogens is 274 g/mol. The average Bonchev–Trinajstić information content (AvgIpc) is 2.49. The number of aromatic carboxylic acids is 1. The number of carbonyl (C=O) groups excluding carboxylic acids is 1. The van der Waals surface area contributed by atoms with Crippen LogP contribution >= 0.6 is 0 Å². The molecule has 3 N–H and O–H groups in total. The van der Waals surface area contributed by atoms with Gasteiger partial charge in [0.15, 0.2) is 0 Å². The van der Waals surface area contributed by atoms with Crippen molar-refractivity contribution in [3.63, 3.8) is 0 Å².